The lowest BCUT2D eigenvalue weighted by molar-refractivity contribution is 0.790. The average molecular weight is 135 g/mol. The van der Waals surface area contributed by atoms with E-state index < -0.39 is 0 Å². The zero-order valence-electron chi connectivity index (χ0n) is 4.92. The molecule has 0 aliphatic carbocycles. The highest BCUT2D eigenvalue weighted by atomic mass is 15.6. The zero-order valence-corrected chi connectivity index (χ0v) is 4.92. The molecule has 0 saturated heterocycles. The molecule has 10 heavy (non-hydrogen) atoms. The molecule has 1 aliphatic rings. The monoisotopic (exact) mass is 135 g/mol. The molecular weight excluding hydrogens is 132 g/mol. The van der Waals surface area contributed by atoms with E-state index in [2.05, 4.69) is 26.0 Å². The van der Waals surface area contributed by atoms with Gasteiger partial charge in [0.2, 0.25) is 0 Å². The van der Waals surface area contributed by atoms with Crippen LogP contribution in [0.2, 0.25) is 0 Å². The third-order valence-corrected chi connectivity index (χ3v) is 1.03. The van der Waals surface area contributed by atoms with Gasteiger partial charge in [0.1, 0.15) is 0 Å². The van der Waals surface area contributed by atoms with Gasteiger partial charge in [-0.2, -0.15) is 4.68 Å². The lowest BCUT2D eigenvalue weighted by atomic mass is 10.6. The van der Waals surface area contributed by atoms with E-state index in [1.54, 1.807) is 12.4 Å². The molecule has 6 heteroatoms. The van der Waals surface area contributed by atoms with Crippen molar-refractivity contribution in [3.05, 3.63) is 12.4 Å². The van der Waals surface area contributed by atoms with Crippen molar-refractivity contribution in [2.45, 2.75) is 0 Å². The minimum Gasteiger partial charge on any atom is -0.199 e. The summed E-state index contributed by atoms with van der Waals surface area (Å²) in [6.45, 7) is 0. The Bertz CT molecular complexity index is 270. The quantitative estimate of drug-likeness (QED) is 0.460. The van der Waals surface area contributed by atoms with Gasteiger partial charge in [-0.3, -0.25) is 0 Å². The van der Waals surface area contributed by atoms with Gasteiger partial charge >= 0.3 is 0 Å². The normalized spacial score (nSPS) is 15.0. The lowest BCUT2D eigenvalue weighted by Gasteiger charge is -1.88. The van der Waals surface area contributed by atoms with Gasteiger partial charge in [0, 0.05) is 0 Å². The molecular formula is C4H3N6. The van der Waals surface area contributed by atoms with Gasteiger partial charge in [-0.05, 0) is 5.53 Å². The van der Waals surface area contributed by atoms with Gasteiger partial charge in [-0.1, -0.05) is 5.21 Å². The van der Waals surface area contributed by atoms with Crippen molar-refractivity contribution in [3.8, 4) is 0 Å². The van der Waals surface area contributed by atoms with E-state index in [1.165, 1.54) is 10.9 Å². The van der Waals surface area contributed by atoms with E-state index in [-0.39, 0.29) is 0 Å². The van der Waals surface area contributed by atoms with Crippen LogP contribution >= 0.6 is 0 Å². The number of hydrogen-bond donors (Lipinski definition) is 0. The Morgan fingerprint density at radius 1 is 1.40 bits per heavy atom. The first-order valence-electron chi connectivity index (χ1n) is 2.64. The second-order valence-corrected chi connectivity index (χ2v) is 1.64. The maximum Gasteiger partial charge on any atom is 0.199 e. The summed E-state index contributed by atoms with van der Waals surface area (Å²) in [5.41, 5.74) is 3.39. The highest BCUT2D eigenvalue weighted by Gasteiger charge is 2.03. The molecule has 2 heterocycles. The maximum absolute atomic E-state index is 3.68. The minimum absolute atomic E-state index is 0.581. The van der Waals surface area contributed by atoms with Crippen molar-refractivity contribution in [2.24, 2.45) is 10.2 Å². The second kappa shape index (κ2) is 1.90. The van der Waals surface area contributed by atoms with Crippen LogP contribution in [0.4, 0.5) is 0 Å². The van der Waals surface area contributed by atoms with Crippen molar-refractivity contribution in [1.29, 1.82) is 0 Å². The first kappa shape index (κ1) is 5.10. The molecule has 1 aromatic rings. The molecule has 49 valence electrons. The van der Waals surface area contributed by atoms with E-state index in [0.717, 1.165) is 0 Å². The van der Waals surface area contributed by atoms with Gasteiger partial charge in [-0.25, -0.2) is 0 Å². The van der Waals surface area contributed by atoms with Crippen molar-refractivity contribution < 1.29 is 0 Å². The van der Waals surface area contributed by atoms with Crippen LogP contribution in [0.3, 0.4) is 0 Å². The standard InChI is InChI=1S/C4H3N6/c1-2-10(9-5-1)4-3-6-8-7-4/h1-3H. The third-order valence-electron chi connectivity index (χ3n) is 1.03. The molecule has 2 rings (SSSR count). The van der Waals surface area contributed by atoms with E-state index in [9.17, 15) is 0 Å². The highest BCUT2D eigenvalue weighted by Crippen LogP contribution is 1.86. The van der Waals surface area contributed by atoms with Gasteiger partial charge < -0.3 is 0 Å². The molecule has 0 spiro atoms. The Kier molecular flexibility index (Phi) is 0.970. The van der Waals surface area contributed by atoms with Gasteiger partial charge in [0.15, 0.2) is 5.84 Å². The summed E-state index contributed by atoms with van der Waals surface area (Å²) >= 11 is 0. The summed E-state index contributed by atoms with van der Waals surface area (Å²) < 4.78 is 1.49. The van der Waals surface area contributed by atoms with Crippen LogP contribution in [-0.2, 0) is 0 Å². The number of nitrogens with zero attached hydrogens (tertiary/aromatic N) is 6. The summed E-state index contributed by atoms with van der Waals surface area (Å²) in [6, 6.07) is 0. The number of rotatable bonds is 0. The van der Waals surface area contributed by atoms with Crippen molar-refractivity contribution in [3.63, 3.8) is 0 Å². The van der Waals surface area contributed by atoms with Gasteiger partial charge in [0.25, 0.3) is 0 Å². The molecule has 0 atom stereocenters. The van der Waals surface area contributed by atoms with Crippen molar-refractivity contribution in [2.75, 3.05) is 0 Å². The predicted octanol–water partition coefficient (Wildman–Crippen LogP) is -0.957. The van der Waals surface area contributed by atoms with Gasteiger partial charge in [-0.15, -0.1) is 15.3 Å². The average Bonchev–Trinajstić information content (AvgIpc) is 2.59. The van der Waals surface area contributed by atoms with Crippen molar-refractivity contribution in [1.82, 2.24) is 20.5 Å². The molecule has 6 nitrogen and oxygen atoms in total. The van der Waals surface area contributed by atoms with E-state index >= 15 is 0 Å². The van der Waals surface area contributed by atoms with E-state index in [4.69, 9.17) is 0 Å². The van der Waals surface area contributed by atoms with E-state index in [1.807, 2.05) is 0 Å². The Hall–Kier alpha value is -1.72. The minimum atomic E-state index is 0.581. The Balaban J connectivity index is 2.36. The van der Waals surface area contributed by atoms with Crippen LogP contribution in [0.15, 0.2) is 22.6 Å². The Morgan fingerprint density at radius 3 is 3.00 bits per heavy atom. The Morgan fingerprint density at radius 2 is 2.40 bits per heavy atom. The molecule has 0 fully saturated rings. The maximum atomic E-state index is 3.68. The molecule has 0 unspecified atom stereocenters. The largest absolute Gasteiger partial charge is 0.199 e. The van der Waals surface area contributed by atoms with Gasteiger partial charge in [0.05, 0.1) is 18.6 Å². The topological polar surface area (TPSA) is 69.5 Å². The molecule has 1 aliphatic heterocycles. The highest BCUT2D eigenvalue weighted by molar-refractivity contribution is 6.30. The molecule has 1 radical (unpaired) electrons. The fraction of sp³-hybridized carbons (Fsp3) is 0. The van der Waals surface area contributed by atoms with Crippen LogP contribution in [-0.4, -0.2) is 27.0 Å². The van der Waals surface area contributed by atoms with E-state index in [0.29, 0.717) is 5.84 Å². The predicted molar refractivity (Wildman–Crippen MR) is 33.5 cm³/mol. The number of hydrogen-bond acceptors (Lipinski definition) is 4. The summed E-state index contributed by atoms with van der Waals surface area (Å²) in [5.74, 6) is 0.581. The molecule has 0 amide bonds. The molecule has 1 aromatic heterocycles. The number of aromatic nitrogens is 3. The molecule has 0 bridgehead atoms. The summed E-state index contributed by atoms with van der Waals surface area (Å²) in [7, 11) is 0. The fourth-order valence-electron chi connectivity index (χ4n) is 0.610. The SMILES string of the molecule is C1=N[N]N=C1n1ccnn1. The first-order valence-corrected chi connectivity index (χ1v) is 2.64. The first-order chi connectivity index (χ1) is 4.97. The van der Waals surface area contributed by atoms with Crippen LogP contribution < -0.4 is 5.53 Å². The molecule has 0 N–H and O–H groups in total. The molecule has 0 saturated carbocycles. The summed E-state index contributed by atoms with van der Waals surface area (Å²) in [4.78, 5) is 0. The lowest BCUT2D eigenvalue weighted by Crippen LogP contribution is -2.11. The Labute approximate surface area is 56.2 Å². The smallest absolute Gasteiger partial charge is 0.199 e. The third kappa shape index (κ3) is 0.661. The van der Waals surface area contributed by atoms with Crippen molar-refractivity contribution >= 4 is 12.1 Å². The summed E-state index contributed by atoms with van der Waals surface area (Å²) in [5, 5.41) is 14.5. The van der Waals surface area contributed by atoms with Crippen LogP contribution in [0.25, 0.3) is 0 Å². The summed E-state index contributed by atoms with van der Waals surface area (Å²) in [6.07, 6.45) is 4.75. The molecule has 0 aromatic carbocycles. The van der Waals surface area contributed by atoms with Crippen LogP contribution in [0.5, 0.6) is 0 Å². The second-order valence-electron chi connectivity index (χ2n) is 1.64. The van der Waals surface area contributed by atoms with Crippen LogP contribution in [0, 0.1) is 0 Å². The van der Waals surface area contributed by atoms with Crippen LogP contribution in [0.1, 0.15) is 0 Å². The fourth-order valence-corrected chi connectivity index (χ4v) is 0.610. The zero-order chi connectivity index (χ0) is 6.81.